The van der Waals surface area contributed by atoms with E-state index in [1.54, 1.807) is 24.3 Å². The number of primary amides is 1. The number of ether oxygens (including phenoxy) is 2. The largest absolute Gasteiger partial charge is 0.394 e. The van der Waals surface area contributed by atoms with E-state index in [9.17, 15) is 29.7 Å². The zero-order chi connectivity index (χ0) is 24.8. The molecule has 0 fully saturated rings. The van der Waals surface area contributed by atoms with Crippen molar-refractivity contribution in [2.45, 2.75) is 36.9 Å². The number of carbonyl (C=O) groups excluding carboxylic acids is 3. The first-order valence-corrected chi connectivity index (χ1v) is 10.8. The van der Waals surface area contributed by atoms with Gasteiger partial charge in [0.2, 0.25) is 17.7 Å². The first-order chi connectivity index (χ1) is 15.7. The lowest BCUT2D eigenvalue weighted by atomic mass is 10.1. The van der Waals surface area contributed by atoms with Crippen LogP contribution in [0.5, 0.6) is 0 Å². The number of aliphatic hydroxyl groups is 3. The van der Waals surface area contributed by atoms with Crippen molar-refractivity contribution in [1.82, 2.24) is 10.6 Å². The minimum absolute atomic E-state index is 0.165. The van der Waals surface area contributed by atoms with Gasteiger partial charge in [-0.15, -0.1) is 0 Å². The Hall–Kier alpha value is -2.26. The zero-order valence-electron chi connectivity index (χ0n) is 18.0. The highest BCUT2D eigenvalue weighted by atomic mass is 32.1. The molecule has 0 spiro atoms. The standard InChI is InChI=1S/C20H32N4O8S/c21-14(19(30)24-15(18(22)29)6-12-4-2-1-3-5-12)10-31-20(32-13(7-25)8-26)16(9-27)23-17(28)11-33/h1-5,13-16,20,25-27,33H,6-11,21H2,(H2,22,29)(H,23,28)(H,24,30)/t14-,15-,16-,20?/m0/s1. The van der Waals surface area contributed by atoms with Crippen LogP contribution in [-0.2, 0) is 30.3 Å². The molecule has 1 aromatic rings. The fourth-order valence-corrected chi connectivity index (χ4v) is 2.75. The quantitative estimate of drug-likeness (QED) is 0.0862. The van der Waals surface area contributed by atoms with Gasteiger partial charge in [-0.3, -0.25) is 14.4 Å². The number of nitrogens with two attached hydrogens (primary N) is 2. The molecule has 1 unspecified atom stereocenters. The van der Waals surface area contributed by atoms with Gasteiger partial charge in [0, 0.05) is 6.42 Å². The molecule has 0 aromatic heterocycles. The third-order valence-electron chi connectivity index (χ3n) is 4.47. The van der Waals surface area contributed by atoms with Gasteiger partial charge in [0.1, 0.15) is 24.2 Å². The van der Waals surface area contributed by atoms with Crippen molar-refractivity contribution >= 4 is 30.4 Å². The molecule has 9 N–H and O–H groups in total. The summed E-state index contributed by atoms with van der Waals surface area (Å²) in [7, 11) is 0. The number of hydrogen-bond acceptors (Lipinski definition) is 10. The summed E-state index contributed by atoms with van der Waals surface area (Å²) in [6, 6.07) is 5.55. The Kier molecular flexibility index (Phi) is 13.6. The van der Waals surface area contributed by atoms with Crippen LogP contribution in [0.15, 0.2) is 30.3 Å². The van der Waals surface area contributed by atoms with Gasteiger partial charge < -0.3 is 46.9 Å². The normalized spacial score (nSPS) is 14.8. The summed E-state index contributed by atoms with van der Waals surface area (Å²) in [5.41, 5.74) is 12.0. The van der Waals surface area contributed by atoms with Gasteiger partial charge in [-0.05, 0) is 5.56 Å². The molecule has 0 aliphatic carbocycles. The molecule has 0 saturated carbocycles. The van der Waals surface area contributed by atoms with E-state index in [-0.39, 0.29) is 12.2 Å². The average molecular weight is 489 g/mol. The van der Waals surface area contributed by atoms with Gasteiger partial charge in [0.15, 0.2) is 6.29 Å². The summed E-state index contributed by atoms with van der Waals surface area (Å²) in [5.74, 6) is -2.18. The first kappa shape index (κ1) is 28.8. The van der Waals surface area contributed by atoms with Crippen LogP contribution in [-0.4, -0.2) is 95.7 Å². The third-order valence-corrected chi connectivity index (χ3v) is 4.76. The molecule has 33 heavy (non-hydrogen) atoms. The minimum atomic E-state index is -1.36. The van der Waals surface area contributed by atoms with E-state index in [2.05, 4.69) is 23.3 Å². The van der Waals surface area contributed by atoms with E-state index in [4.69, 9.17) is 20.9 Å². The van der Waals surface area contributed by atoms with E-state index < -0.39 is 74.7 Å². The predicted molar refractivity (Wildman–Crippen MR) is 121 cm³/mol. The molecule has 0 aliphatic rings. The molecule has 3 amide bonds. The highest BCUT2D eigenvalue weighted by Gasteiger charge is 2.29. The fourth-order valence-electron chi connectivity index (χ4n) is 2.66. The van der Waals surface area contributed by atoms with Crippen molar-refractivity contribution in [1.29, 1.82) is 0 Å². The molecule has 0 heterocycles. The molecule has 1 aromatic carbocycles. The average Bonchev–Trinajstić information content (AvgIpc) is 2.82. The highest BCUT2D eigenvalue weighted by molar-refractivity contribution is 7.81. The fraction of sp³-hybridized carbons (Fsp3) is 0.550. The molecule has 0 bridgehead atoms. The second kappa shape index (κ2) is 15.6. The lowest BCUT2D eigenvalue weighted by Crippen LogP contribution is -2.54. The monoisotopic (exact) mass is 488 g/mol. The summed E-state index contributed by atoms with van der Waals surface area (Å²) in [4.78, 5) is 35.9. The van der Waals surface area contributed by atoms with Crippen LogP contribution in [0, 0.1) is 0 Å². The minimum Gasteiger partial charge on any atom is -0.394 e. The third kappa shape index (κ3) is 10.5. The van der Waals surface area contributed by atoms with Crippen LogP contribution >= 0.6 is 12.6 Å². The maximum absolute atomic E-state index is 12.5. The summed E-state index contributed by atoms with van der Waals surface area (Å²) in [6.45, 7) is -2.19. The molecule has 0 saturated heterocycles. The van der Waals surface area contributed by atoms with Crippen molar-refractivity contribution in [3.05, 3.63) is 35.9 Å². The number of hydrogen-bond donors (Lipinski definition) is 8. The number of amides is 3. The maximum atomic E-state index is 12.5. The second-order valence-electron chi connectivity index (χ2n) is 7.10. The molecule has 1 rings (SSSR count). The van der Waals surface area contributed by atoms with Gasteiger partial charge in [0.25, 0.3) is 0 Å². The summed E-state index contributed by atoms with van der Waals surface area (Å²) >= 11 is 3.83. The van der Waals surface area contributed by atoms with E-state index in [0.717, 1.165) is 5.56 Å². The van der Waals surface area contributed by atoms with Gasteiger partial charge in [-0.1, -0.05) is 30.3 Å². The Morgan fingerprint density at radius 1 is 1.03 bits per heavy atom. The molecule has 12 nitrogen and oxygen atoms in total. The molecule has 0 radical (unpaired) electrons. The Morgan fingerprint density at radius 2 is 1.67 bits per heavy atom. The molecule has 4 atom stereocenters. The number of carbonyl (C=O) groups is 3. The van der Waals surface area contributed by atoms with Crippen molar-refractivity contribution in [2.24, 2.45) is 11.5 Å². The van der Waals surface area contributed by atoms with Gasteiger partial charge >= 0.3 is 0 Å². The van der Waals surface area contributed by atoms with Gasteiger partial charge in [-0.25, -0.2) is 0 Å². The lowest BCUT2D eigenvalue weighted by molar-refractivity contribution is -0.205. The van der Waals surface area contributed by atoms with Gasteiger partial charge in [0.05, 0.1) is 32.2 Å². The van der Waals surface area contributed by atoms with E-state index in [1.165, 1.54) is 0 Å². The smallest absolute Gasteiger partial charge is 0.240 e. The summed E-state index contributed by atoms with van der Waals surface area (Å²) in [5, 5.41) is 33.0. The number of rotatable bonds is 16. The molecular weight excluding hydrogens is 456 g/mol. The van der Waals surface area contributed by atoms with Crippen molar-refractivity contribution in [3.8, 4) is 0 Å². The van der Waals surface area contributed by atoms with E-state index in [1.807, 2.05) is 6.07 Å². The molecule has 0 aliphatic heterocycles. The summed E-state index contributed by atoms with van der Waals surface area (Å²) in [6.07, 6.45) is -2.27. The van der Waals surface area contributed by atoms with Crippen LogP contribution < -0.4 is 22.1 Å². The van der Waals surface area contributed by atoms with Crippen molar-refractivity contribution < 1.29 is 39.2 Å². The van der Waals surface area contributed by atoms with Crippen LogP contribution in [0.25, 0.3) is 0 Å². The second-order valence-corrected chi connectivity index (χ2v) is 7.42. The maximum Gasteiger partial charge on any atom is 0.240 e. The predicted octanol–water partition coefficient (Wildman–Crippen LogP) is -3.35. The van der Waals surface area contributed by atoms with E-state index in [0.29, 0.717) is 0 Å². The zero-order valence-corrected chi connectivity index (χ0v) is 18.9. The van der Waals surface area contributed by atoms with Crippen molar-refractivity contribution in [2.75, 3.05) is 32.2 Å². The Labute approximate surface area is 197 Å². The number of thiol groups is 1. The molecule has 13 heteroatoms. The van der Waals surface area contributed by atoms with Gasteiger partial charge in [-0.2, -0.15) is 12.6 Å². The lowest BCUT2D eigenvalue weighted by Gasteiger charge is -2.30. The SMILES string of the molecule is NC(=O)[C@H](Cc1ccccc1)NC(=O)[C@@H](N)COC(OC(CO)CO)[C@H](CO)NC(=O)CS. The van der Waals surface area contributed by atoms with Crippen LogP contribution in [0.2, 0.25) is 0 Å². The topological polar surface area (TPSA) is 206 Å². The number of aliphatic hydroxyl groups excluding tert-OH is 3. The highest BCUT2D eigenvalue weighted by Crippen LogP contribution is 2.08. The Morgan fingerprint density at radius 3 is 2.18 bits per heavy atom. The Bertz CT molecular complexity index is 738. The number of benzene rings is 1. The van der Waals surface area contributed by atoms with E-state index >= 15 is 0 Å². The molecule has 186 valence electrons. The van der Waals surface area contributed by atoms with Crippen LogP contribution in [0.4, 0.5) is 0 Å². The van der Waals surface area contributed by atoms with Crippen LogP contribution in [0.1, 0.15) is 5.56 Å². The van der Waals surface area contributed by atoms with Crippen LogP contribution in [0.3, 0.4) is 0 Å². The number of nitrogens with one attached hydrogen (secondary N) is 2. The Balaban J connectivity index is 2.79. The summed E-state index contributed by atoms with van der Waals surface area (Å²) < 4.78 is 10.9. The first-order valence-electron chi connectivity index (χ1n) is 10.1. The molecular formula is C20H32N4O8S. The van der Waals surface area contributed by atoms with Crippen molar-refractivity contribution in [3.63, 3.8) is 0 Å².